The van der Waals surface area contributed by atoms with Crippen LogP contribution in [0.2, 0.25) is 0 Å². The summed E-state index contributed by atoms with van der Waals surface area (Å²) in [5.74, 6) is -0.0491. The zero-order valence-electron chi connectivity index (χ0n) is 15.4. The van der Waals surface area contributed by atoms with Crippen LogP contribution in [-0.2, 0) is 22.1 Å². The van der Waals surface area contributed by atoms with Crippen LogP contribution in [0.15, 0.2) is 77.7 Å². The van der Waals surface area contributed by atoms with Crippen LogP contribution in [-0.4, -0.2) is 15.9 Å². The smallest absolute Gasteiger partial charge is 0.339 e. The molecule has 0 spiro atoms. The number of esters is 1. The predicted molar refractivity (Wildman–Crippen MR) is 109 cm³/mol. The molecule has 5 heteroatoms. The van der Waals surface area contributed by atoms with E-state index in [1.165, 1.54) is 0 Å². The lowest BCUT2D eigenvalue weighted by atomic mass is 9.99. The third kappa shape index (κ3) is 4.36. The van der Waals surface area contributed by atoms with E-state index in [-0.39, 0.29) is 6.61 Å². The normalized spacial score (nSPS) is 11.4. The Labute approximate surface area is 166 Å². The minimum absolute atomic E-state index is 0.117. The number of benzene rings is 3. The molecule has 0 aliphatic heterocycles. The molecular weight excluding hydrogens is 370 g/mol. The van der Waals surface area contributed by atoms with Crippen LogP contribution in [0.3, 0.4) is 0 Å². The number of ether oxygens (including phenoxy) is 1. The average molecular weight is 389 g/mol. The van der Waals surface area contributed by atoms with Gasteiger partial charge in [0.2, 0.25) is 0 Å². The van der Waals surface area contributed by atoms with Crippen molar-refractivity contribution in [2.24, 2.45) is 0 Å². The van der Waals surface area contributed by atoms with Gasteiger partial charge in [-0.1, -0.05) is 61.5 Å². The number of carbonyl (C=O) groups is 1. The van der Waals surface area contributed by atoms with Crippen LogP contribution in [0.4, 0.5) is 0 Å². The molecule has 28 heavy (non-hydrogen) atoms. The summed E-state index contributed by atoms with van der Waals surface area (Å²) in [7, 11) is -1.23. The molecule has 0 unspecified atom stereocenters. The monoisotopic (exact) mass is 389 g/mol. The van der Waals surface area contributed by atoms with Crippen molar-refractivity contribution in [2.45, 2.75) is 18.4 Å². The standard InChI is InChI=1S/C23H19NO3S/c1-2-28(26)22-10-6-5-9-21(22)23(25)27-16-17-11-13-18(14-12-17)20-8-4-3-7-19(20)15-24/h3-14H,2,16H2,1H3/t28-/m1/s1. The van der Waals surface area contributed by atoms with E-state index in [0.717, 1.165) is 16.7 Å². The molecule has 0 saturated heterocycles. The van der Waals surface area contributed by atoms with Gasteiger partial charge in [-0.3, -0.25) is 4.21 Å². The summed E-state index contributed by atoms with van der Waals surface area (Å²) in [5, 5.41) is 9.24. The lowest BCUT2D eigenvalue weighted by molar-refractivity contribution is 0.0468. The maximum absolute atomic E-state index is 12.4. The second kappa shape index (κ2) is 9.12. The van der Waals surface area contributed by atoms with Crippen LogP contribution < -0.4 is 0 Å². The van der Waals surface area contributed by atoms with Gasteiger partial charge in [0.25, 0.3) is 0 Å². The summed E-state index contributed by atoms with van der Waals surface area (Å²) in [4.78, 5) is 12.9. The minimum atomic E-state index is -1.23. The molecular formula is C23H19NO3S. The highest BCUT2D eigenvalue weighted by Crippen LogP contribution is 2.24. The first-order chi connectivity index (χ1) is 13.6. The number of nitriles is 1. The fourth-order valence-electron chi connectivity index (χ4n) is 2.83. The third-order valence-corrected chi connectivity index (χ3v) is 5.67. The van der Waals surface area contributed by atoms with Gasteiger partial charge in [0, 0.05) is 5.75 Å². The second-order valence-electron chi connectivity index (χ2n) is 6.06. The molecule has 0 aliphatic rings. The van der Waals surface area contributed by atoms with E-state index in [9.17, 15) is 14.3 Å². The zero-order chi connectivity index (χ0) is 19.9. The first-order valence-electron chi connectivity index (χ1n) is 8.87. The van der Waals surface area contributed by atoms with Gasteiger partial charge in [-0.25, -0.2) is 4.79 Å². The van der Waals surface area contributed by atoms with Crippen molar-refractivity contribution in [3.8, 4) is 17.2 Å². The number of hydrogen-bond donors (Lipinski definition) is 0. The molecule has 0 aliphatic carbocycles. The summed E-state index contributed by atoms with van der Waals surface area (Å²) in [6.07, 6.45) is 0. The quantitative estimate of drug-likeness (QED) is 0.573. The fraction of sp³-hybridized carbons (Fsp3) is 0.130. The summed E-state index contributed by atoms with van der Waals surface area (Å²) in [5.41, 5.74) is 3.57. The average Bonchev–Trinajstić information content (AvgIpc) is 2.77. The van der Waals surface area contributed by atoms with Gasteiger partial charge in [0.1, 0.15) is 6.61 Å². The summed E-state index contributed by atoms with van der Waals surface area (Å²) in [6.45, 7) is 1.93. The van der Waals surface area contributed by atoms with E-state index in [4.69, 9.17) is 4.74 Å². The van der Waals surface area contributed by atoms with Crippen LogP contribution in [0.25, 0.3) is 11.1 Å². The van der Waals surface area contributed by atoms with Crippen LogP contribution in [0.1, 0.15) is 28.4 Å². The molecule has 0 radical (unpaired) electrons. The van der Waals surface area contributed by atoms with Crippen LogP contribution in [0.5, 0.6) is 0 Å². The molecule has 3 aromatic rings. The Morgan fingerprint density at radius 2 is 1.68 bits per heavy atom. The molecule has 0 fully saturated rings. The second-order valence-corrected chi connectivity index (χ2v) is 7.77. The van der Waals surface area contributed by atoms with Gasteiger partial charge in [-0.05, 0) is 34.9 Å². The molecule has 0 heterocycles. The summed E-state index contributed by atoms with van der Waals surface area (Å²) < 4.78 is 17.5. The Balaban J connectivity index is 1.72. The highest BCUT2D eigenvalue weighted by molar-refractivity contribution is 7.85. The van der Waals surface area contributed by atoms with Crippen molar-refractivity contribution < 1.29 is 13.7 Å². The van der Waals surface area contributed by atoms with E-state index in [1.807, 2.05) is 49.4 Å². The number of nitrogens with zero attached hydrogens (tertiary/aromatic N) is 1. The highest BCUT2D eigenvalue weighted by Gasteiger charge is 2.16. The van der Waals surface area contributed by atoms with Gasteiger partial charge < -0.3 is 4.74 Å². The van der Waals surface area contributed by atoms with Gasteiger partial charge in [0.15, 0.2) is 0 Å². The fourth-order valence-corrected chi connectivity index (χ4v) is 3.77. The van der Waals surface area contributed by atoms with Gasteiger partial charge >= 0.3 is 5.97 Å². The molecule has 3 aromatic carbocycles. The molecule has 3 rings (SSSR count). The van der Waals surface area contributed by atoms with E-state index < -0.39 is 16.8 Å². The topological polar surface area (TPSA) is 67.2 Å². The molecule has 140 valence electrons. The Morgan fingerprint density at radius 1 is 1.00 bits per heavy atom. The lowest BCUT2D eigenvalue weighted by Gasteiger charge is -2.10. The maximum Gasteiger partial charge on any atom is 0.339 e. The molecule has 0 amide bonds. The van der Waals surface area contributed by atoms with Crippen LogP contribution >= 0.6 is 0 Å². The molecule has 0 aromatic heterocycles. The molecule has 0 saturated carbocycles. The molecule has 0 N–H and O–H groups in total. The first kappa shape index (κ1) is 19.5. The van der Waals surface area contributed by atoms with E-state index in [0.29, 0.717) is 21.8 Å². The maximum atomic E-state index is 12.4. The predicted octanol–water partition coefficient (Wildman–Crippen LogP) is 4.71. The number of rotatable bonds is 6. The van der Waals surface area contributed by atoms with Crippen molar-refractivity contribution in [1.82, 2.24) is 0 Å². The number of carbonyl (C=O) groups excluding carboxylic acids is 1. The van der Waals surface area contributed by atoms with Crippen molar-refractivity contribution in [3.63, 3.8) is 0 Å². The molecule has 1 atom stereocenters. The first-order valence-corrected chi connectivity index (χ1v) is 10.2. The number of hydrogen-bond acceptors (Lipinski definition) is 4. The van der Waals surface area contributed by atoms with Gasteiger partial charge in [0.05, 0.1) is 32.9 Å². The molecule has 0 bridgehead atoms. The minimum Gasteiger partial charge on any atom is -0.457 e. The van der Waals surface area contributed by atoms with E-state index >= 15 is 0 Å². The van der Waals surface area contributed by atoms with E-state index in [2.05, 4.69) is 6.07 Å². The summed E-state index contributed by atoms with van der Waals surface area (Å²) in [6, 6.07) is 24.0. The SMILES string of the molecule is CC[S@@](=O)c1ccccc1C(=O)OCc1ccc(-c2ccccc2C#N)cc1. The Kier molecular flexibility index (Phi) is 6.36. The van der Waals surface area contributed by atoms with Crippen molar-refractivity contribution >= 4 is 16.8 Å². The summed E-state index contributed by atoms with van der Waals surface area (Å²) >= 11 is 0. The lowest BCUT2D eigenvalue weighted by Crippen LogP contribution is -2.10. The zero-order valence-corrected chi connectivity index (χ0v) is 16.2. The Bertz CT molecular complexity index is 1050. The highest BCUT2D eigenvalue weighted by atomic mass is 32.2. The van der Waals surface area contributed by atoms with Crippen molar-refractivity contribution in [1.29, 1.82) is 5.26 Å². The van der Waals surface area contributed by atoms with Gasteiger partial charge in [-0.15, -0.1) is 0 Å². The Morgan fingerprint density at radius 3 is 2.39 bits per heavy atom. The molecule has 4 nitrogen and oxygen atoms in total. The van der Waals surface area contributed by atoms with Crippen LogP contribution in [0, 0.1) is 11.3 Å². The largest absolute Gasteiger partial charge is 0.457 e. The van der Waals surface area contributed by atoms with Gasteiger partial charge in [-0.2, -0.15) is 5.26 Å². The third-order valence-electron chi connectivity index (χ3n) is 4.30. The van der Waals surface area contributed by atoms with Crippen molar-refractivity contribution in [2.75, 3.05) is 5.75 Å². The Hall–Kier alpha value is -3.23. The van der Waals surface area contributed by atoms with E-state index in [1.54, 1.807) is 30.3 Å². The van der Waals surface area contributed by atoms with Crippen molar-refractivity contribution in [3.05, 3.63) is 89.5 Å².